The van der Waals surface area contributed by atoms with E-state index in [9.17, 15) is 8.42 Å². The number of aryl methyl sites for hydroxylation is 1. The van der Waals surface area contributed by atoms with Crippen LogP contribution in [-0.4, -0.2) is 72.6 Å². The van der Waals surface area contributed by atoms with E-state index in [1.165, 1.54) is 75.9 Å². The highest BCUT2D eigenvalue weighted by Gasteiger charge is 2.29. The second-order valence-corrected chi connectivity index (χ2v) is 13.3. The van der Waals surface area contributed by atoms with Gasteiger partial charge in [-0.1, -0.05) is 26.0 Å². The van der Waals surface area contributed by atoms with Crippen LogP contribution in [0.3, 0.4) is 0 Å². The highest BCUT2D eigenvalue weighted by Crippen LogP contribution is 2.32. The molecule has 0 aliphatic carbocycles. The van der Waals surface area contributed by atoms with E-state index in [0.717, 1.165) is 28.9 Å². The minimum absolute atomic E-state index is 0.334. The summed E-state index contributed by atoms with van der Waals surface area (Å²) >= 11 is 0. The number of aromatic nitrogens is 2. The van der Waals surface area contributed by atoms with Crippen LogP contribution in [0.2, 0.25) is 0 Å². The fraction of sp³-hybridized carbons (Fsp3) is 0.552. The lowest BCUT2D eigenvalue weighted by atomic mass is 9.88. The van der Waals surface area contributed by atoms with Crippen LogP contribution >= 0.6 is 0 Å². The van der Waals surface area contributed by atoms with E-state index in [0.29, 0.717) is 10.8 Å². The van der Waals surface area contributed by atoms with Crippen LogP contribution in [-0.2, 0) is 9.84 Å². The first-order valence-electron chi connectivity index (χ1n) is 13.4. The minimum atomic E-state index is -3.20. The Kier molecular flexibility index (Phi) is 7.25. The number of imidazole rings is 1. The molecule has 1 aromatic carbocycles. The predicted molar refractivity (Wildman–Crippen MR) is 146 cm³/mol. The average Bonchev–Trinajstić information content (AvgIpc) is 3.29. The number of piperidine rings is 2. The van der Waals surface area contributed by atoms with Crippen molar-refractivity contribution in [3.05, 3.63) is 53.9 Å². The summed E-state index contributed by atoms with van der Waals surface area (Å²) in [6.07, 6.45) is 8.33. The number of fused-ring (bicyclic) bond motifs is 1. The molecule has 194 valence electrons. The van der Waals surface area contributed by atoms with Gasteiger partial charge in [0, 0.05) is 36.3 Å². The zero-order valence-corrected chi connectivity index (χ0v) is 23.0. The Hall–Kier alpha value is -2.22. The van der Waals surface area contributed by atoms with Crippen molar-refractivity contribution in [3.63, 3.8) is 0 Å². The molecule has 3 aromatic rings. The molecule has 2 saturated heterocycles. The molecule has 2 aliphatic heterocycles. The number of hydrogen-bond donors (Lipinski definition) is 0. The topological polar surface area (TPSA) is 57.9 Å². The van der Waals surface area contributed by atoms with Crippen molar-refractivity contribution in [2.45, 2.75) is 63.3 Å². The van der Waals surface area contributed by atoms with E-state index in [4.69, 9.17) is 4.98 Å². The largest absolute Gasteiger partial charge is 0.304 e. The highest BCUT2D eigenvalue weighted by molar-refractivity contribution is 7.90. The molecule has 0 amide bonds. The van der Waals surface area contributed by atoms with Crippen LogP contribution in [0.25, 0.3) is 16.9 Å². The Morgan fingerprint density at radius 1 is 0.972 bits per heavy atom. The van der Waals surface area contributed by atoms with Gasteiger partial charge >= 0.3 is 0 Å². The molecule has 2 aromatic heterocycles. The van der Waals surface area contributed by atoms with Crippen molar-refractivity contribution in [1.82, 2.24) is 19.2 Å². The standard InChI is InChI=1S/C29H40N4O2S/c1-21(2)19-31-13-11-26(12-14-31)32-15-9-23(10-16-32)25-17-22(3)33-20-28(30-29(33)18-25)24-5-7-27(8-6-24)36(4,34)35/h5-8,17-18,20-21,23,26H,9-16,19H2,1-4H3. The fourth-order valence-electron chi connectivity index (χ4n) is 6.11. The second-order valence-electron chi connectivity index (χ2n) is 11.3. The number of likely N-dealkylation sites (tertiary alicyclic amines) is 2. The zero-order chi connectivity index (χ0) is 25.4. The molecule has 0 unspecified atom stereocenters. The summed E-state index contributed by atoms with van der Waals surface area (Å²) in [5.74, 6) is 1.34. The molecule has 2 aliphatic rings. The van der Waals surface area contributed by atoms with Gasteiger partial charge in [0.1, 0.15) is 5.65 Å². The fourth-order valence-corrected chi connectivity index (χ4v) is 6.74. The van der Waals surface area contributed by atoms with Crippen LogP contribution in [0.4, 0.5) is 0 Å². The molecule has 0 saturated carbocycles. The molecule has 4 heterocycles. The summed E-state index contributed by atoms with van der Waals surface area (Å²) < 4.78 is 25.7. The summed E-state index contributed by atoms with van der Waals surface area (Å²) in [5.41, 5.74) is 5.35. The summed E-state index contributed by atoms with van der Waals surface area (Å²) in [6, 6.07) is 12.4. The Bertz CT molecular complexity index is 1300. The van der Waals surface area contributed by atoms with Gasteiger partial charge in [0.05, 0.1) is 10.6 Å². The Labute approximate surface area is 216 Å². The molecule has 5 rings (SSSR count). The van der Waals surface area contributed by atoms with E-state index in [-0.39, 0.29) is 0 Å². The Morgan fingerprint density at radius 3 is 2.25 bits per heavy atom. The van der Waals surface area contributed by atoms with Crippen LogP contribution in [0, 0.1) is 12.8 Å². The van der Waals surface area contributed by atoms with Crippen LogP contribution in [0.5, 0.6) is 0 Å². The van der Waals surface area contributed by atoms with Gasteiger partial charge in [-0.3, -0.25) is 0 Å². The molecular formula is C29H40N4O2S. The molecule has 0 atom stereocenters. The van der Waals surface area contributed by atoms with Crippen molar-refractivity contribution in [2.24, 2.45) is 5.92 Å². The third-order valence-corrected chi connectivity index (χ3v) is 9.19. The van der Waals surface area contributed by atoms with E-state index >= 15 is 0 Å². The first kappa shape index (κ1) is 25.4. The lowest BCUT2D eigenvalue weighted by molar-refractivity contribution is 0.0828. The molecule has 36 heavy (non-hydrogen) atoms. The van der Waals surface area contributed by atoms with Gasteiger partial charge < -0.3 is 14.2 Å². The monoisotopic (exact) mass is 508 g/mol. The van der Waals surface area contributed by atoms with Crippen LogP contribution < -0.4 is 0 Å². The third kappa shape index (κ3) is 5.53. The highest BCUT2D eigenvalue weighted by atomic mass is 32.2. The Balaban J connectivity index is 1.25. The number of hydrogen-bond acceptors (Lipinski definition) is 5. The van der Waals surface area contributed by atoms with Gasteiger partial charge in [-0.25, -0.2) is 13.4 Å². The number of benzene rings is 1. The van der Waals surface area contributed by atoms with Crippen molar-refractivity contribution in [3.8, 4) is 11.3 Å². The van der Waals surface area contributed by atoms with Crippen LogP contribution in [0.15, 0.2) is 47.5 Å². The molecule has 0 N–H and O–H groups in total. The first-order chi connectivity index (χ1) is 17.2. The van der Waals surface area contributed by atoms with Gasteiger partial charge in [0.2, 0.25) is 0 Å². The van der Waals surface area contributed by atoms with Gasteiger partial charge in [0.15, 0.2) is 9.84 Å². The molecule has 7 heteroatoms. The van der Waals surface area contributed by atoms with Gasteiger partial charge in [-0.15, -0.1) is 0 Å². The van der Waals surface area contributed by atoms with Crippen molar-refractivity contribution in [2.75, 3.05) is 39.0 Å². The summed E-state index contributed by atoms with van der Waals surface area (Å²) in [7, 11) is -3.20. The maximum Gasteiger partial charge on any atom is 0.175 e. The molecular weight excluding hydrogens is 468 g/mol. The summed E-state index contributed by atoms with van der Waals surface area (Å²) in [4.78, 5) is 10.6. The van der Waals surface area contributed by atoms with Crippen molar-refractivity contribution >= 4 is 15.5 Å². The zero-order valence-electron chi connectivity index (χ0n) is 22.2. The van der Waals surface area contributed by atoms with Gasteiger partial charge in [-0.05, 0) is 100 Å². The summed E-state index contributed by atoms with van der Waals surface area (Å²) in [6.45, 7) is 12.9. The smallest absolute Gasteiger partial charge is 0.175 e. The van der Waals surface area contributed by atoms with E-state index in [1.54, 1.807) is 12.1 Å². The third-order valence-electron chi connectivity index (χ3n) is 8.06. The van der Waals surface area contributed by atoms with Crippen molar-refractivity contribution in [1.29, 1.82) is 0 Å². The lowest BCUT2D eigenvalue weighted by Gasteiger charge is -2.42. The van der Waals surface area contributed by atoms with Gasteiger partial charge in [0.25, 0.3) is 0 Å². The average molecular weight is 509 g/mol. The van der Waals surface area contributed by atoms with E-state index < -0.39 is 9.84 Å². The number of sulfone groups is 1. The normalized spacial score (nSPS) is 19.5. The number of nitrogens with zero attached hydrogens (tertiary/aromatic N) is 4. The molecule has 0 bridgehead atoms. The van der Waals surface area contributed by atoms with Crippen LogP contribution in [0.1, 0.15) is 56.7 Å². The SMILES string of the molecule is Cc1cc(C2CCN(C3CCN(CC(C)C)CC3)CC2)cc2nc(-c3ccc(S(C)(=O)=O)cc3)cn12. The molecule has 6 nitrogen and oxygen atoms in total. The minimum Gasteiger partial charge on any atom is -0.304 e. The van der Waals surface area contributed by atoms with E-state index in [1.807, 2.05) is 12.1 Å². The molecule has 2 fully saturated rings. The molecule has 0 spiro atoms. The predicted octanol–water partition coefficient (Wildman–Crippen LogP) is 5.01. The lowest BCUT2D eigenvalue weighted by Crippen LogP contribution is -2.48. The number of pyridine rings is 1. The second kappa shape index (κ2) is 10.3. The van der Waals surface area contributed by atoms with Gasteiger partial charge in [-0.2, -0.15) is 0 Å². The molecule has 0 radical (unpaired) electrons. The van der Waals surface area contributed by atoms with E-state index in [2.05, 4.69) is 53.3 Å². The summed E-state index contributed by atoms with van der Waals surface area (Å²) in [5, 5.41) is 0. The maximum absolute atomic E-state index is 11.8. The quantitative estimate of drug-likeness (QED) is 0.468. The van der Waals surface area contributed by atoms with Crippen molar-refractivity contribution < 1.29 is 8.42 Å². The Morgan fingerprint density at radius 2 is 1.64 bits per heavy atom. The number of rotatable bonds is 6. The first-order valence-corrected chi connectivity index (χ1v) is 15.3. The maximum atomic E-state index is 11.8.